The lowest BCUT2D eigenvalue weighted by molar-refractivity contribution is 0.795. The summed E-state index contributed by atoms with van der Waals surface area (Å²) in [4.78, 5) is 2.42. The van der Waals surface area contributed by atoms with E-state index in [4.69, 9.17) is 0 Å². The third-order valence-corrected chi connectivity index (χ3v) is 11.1. The SMILES string of the molecule is Cc1ccc(N(c2ccc3cc4c(cc3c2)C2(c3ccccc3-c3ccccc32)c2ccc3ccccc3c2-4)c2cc(C)ccc2C)cc1. The Bertz CT molecular complexity index is 2600. The zero-order chi connectivity index (χ0) is 32.9. The molecule has 0 atom stereocenters. The van der Waals surface area contributed by atoms with E-state index in [-0.39, 0.29) is 0 Å². The number of benzene rings is 8. The molecule has 8 aromatic rings. The van der Waals surface area contributed by atoms with Gasteiger partial charge in [-0.05, 0) is 140 Å². The molecule has 8 aromatic carbocycles. The average molecular weight is 626 g/mol. The first-order valence-corrected chi connectivity index (χ1v) is 17.3. The summed E-state index contributed by atoms with van der Waals surface area (Å²) in [5.41, 5.74) is 17.8. The summed E-state index contributed by atoms with van der Waals surface area (Å²) in [7, 11) is 0. The van der Waals surface area contributed by atoms with Gasteiger partial charge in [0.2, 0.25) is 0 Å². The Morgan fingerprint density at radius 2 is 1.06 bits per heavy atom. The normalized spacial score (nSPS) is 13.4. The first-order chi connectivity index (χ1) is 24.0. The molecule has 0 N–H and O–H groups in total. The fourth-order valence-electron chi connectivity index (χ4n) is 8.86. The molecular formula is C48H35N. The van der Waals surface area contributed by atoms with Crippen molar-refractivity contribution in [3.8, 4) is 22.3 Å². The molecule has 232 valence electrons. The van der Waals surface area contributed by atoms with Gasteiger partial charge in [0.1, 0.15) is 0 Å². The Kier molecular flexibility index (Phi) is 5.91. The fourth-order valence-corrected chi connectivity index (χ4v) is 8.86. The van der Waals surface area contributed by atoms with Crippen LogP contribution in [-0.4, -0.2) is 0 Å². The number of rotatable bonds is 3. The van der Waals surface area contributed by atoms with Gasteiger partial charge in [-0.3, -0.25) is 0 Å². The first kappa shape index (κ1) is 28.1. The molecule has 0 aromatic heterocycles. The van der Waals surface area contributed by atoms with E-state index in [0.29, 0.717) is 0 Å². The molecule has 0 fully saturated rings. The van der Waals surface area contributed by atoms with Crippen molar-refractivity contribution in [2.45, 2.75) is 26.2 Å². The lowest BCUT2D eigenvalue weighted by atomic mass is 9.70. The molecule has 1 nitrogen and oxygen atoms in total. The van der Waals surface area contributed by atoms with Gasteiger partial charge in [0.15, 0.2) is 0 Å². The van der Waals surface area contributed by atoms with E-state index in [1.54, 1.807) is 0 Å². The topological polar surface area (TPSA) is 3.24 Å². The molecule has 0 heterocycles. The minimum Gasteiger partial charge on any atom is -0.310 e. The van der Waals surface area contributed by atoms with Crippen molar-refractivity contribution in [2.75, 3.05) is 4.90 Å². The van der Waals surface area contributed by atoms with Crippen LogP contribution >= 0.6 is 0 Å². The first-order valence-electron chi connectivity index (χ1n) is 17.3. The molecule has 49 heavy (non-hydrogen) atoms. The Labute approximate surface area is 287 Å². The van der Waals surface area contributed by atoms with Crippen LogP contribution in [-0.2, 0) is 5.41 Å². The molecule has 0 bridgehead atoms. The van der Waals surface area contributed by atoms with Crippen molar-refractivity contribution in [2.24, 2.45) is 0 Å². The van der Waals surface area contributed by atoms with Crippen molar-refractivity contribution in [3.05, 3.63) is 197 Å². The average Bonchev–Trinajstić information content (AvgIpc) is 3.60. The quantitative estimate of drug-likeness (QED) is 0.189. The monoisotopic (exact) mass is 625 g/mol. The third-order valence-electron chi connectivity index (χ3n) is 11.1. The predicted molar refractivity (Wildman–Crippen MR) is 207 cm³/mol. The summed E-state index contributed by atoms with van der Waals surface area (Å²) < 4.78 is 0. The van der Waals surface area contributed by atoms with E-state index in [1.165, 1.54) is 88.4 Å². The fraction of sp³-hybridized carbons (Fsp3) is 0.0833. The highest BCUT2D eigenvalue weighted by molar-refractivity contribution is 6.09. The van der Waals surface area contributed by atoms with Gasteiger partial charge in [0.25, 0.3) is 0 Å². The molecule has 1 heteroatoms. The molecule has 2 aliphatic rings. The van der Waals surface area contributed by atoms with E-state index < -0.39 is 5.41 Å². The van der Waals surface area contributed by atoms with E-state index in [1.807, 2.05) is 0 Å². The number of aryl methyl sites for hydroxylation is 3. The van der Waals surface area contributed by atoms with Crippen LogP contribution in [0.2, 0.25) is 0 Å². The van der Waals surface area contributed by atoms with Gasteiger partial charge in [0.05, 0.1) is 5.41 Å². The van der Waals surface area contributed by atoms with Gasteiger partial charge in [0, 0.05) is 17.1 Å². The number of hydrogen-bond donors (Lipinski definition) is 0. The van der Waals surface area contributed by atoms with Gasteiger partial charge < -0.3 is 4.90 Å². The number of nitrogens with zero attached hydrogens (tertiary/aromatic N) is 1. The summed E-state index contributed by atoms with van der Waals surface area (Å²) in [6.45, 7) is 6.54. The van der Waals surface area contributed by atoms with Crippen LogP contribution in [0.4, 0.5) is 17.1 Å². The van der Waals surface area contributed by atoms with Crippen LogP contribution in [0, 0.1) is 20.8 Å². The maximum atomic E-state index is 2.51. The highest BCUT2D eigenvalue weighted by Crippen LogP contribution is 2.64. The smallest absolute Gasteiger partial charge is 0.0725 e. The second kappa shape index (κ2) is 10.3. The highest BCUT2D eigenvalue weighted by Gasteiger charge is 2.52. The molecule has 0 aliphatic heterocycles. The van der Waals surface area contributed by atoms with Crippen LogP contribution in [0.25, 0.3) is 43.8 Å². The second-order valence-electron chi connectivity index (χ2n) is 13.9. The second-order valence-corrected chi connectivity index (χ2v) is 13.9. The van der Waals surface area contributed by atoms with Crippen LogP contribution in [0.5, 0.6) is 0 Å². The summed E-state index contributed by atoms with van der Waals surface area (Å²) in [6.07, 6.45) is 0. The number of hydrogen-bond acceptors (Lipinski definition) is 1. The summed E-state index contributed by atoms with van der Waals surface area (Å²) in [5, 5.41) is 5.10. The van der Waals surface area contributed by atoms with Gasteiger partial charge in [-0.1, -0.05) is 121 Å². The van der Waals surface area contributed by atoms with Crippen molar-refractivity contribution in [1.29, 1.82) is 0 Å². The Balaban J connectivity index is 1.29. The van der Waals surface area contributed by atoms with Crippen molar-refractivity contribution >= 4 is 38.6 Å². The molecule has 0 amide bonds. The zero-order valence-corrected chi connectivity index (χ0v) is 28.0. The summed E-state index contributed by atoms with van der Waals surface area (Å²) in [6, 6.07) is 59.4. The van der Waals surface area contributed by atoms with E-state index in [9.17, 15) is 0 Å². The number of anilines is 3. The standard InChI is InChI=1S/C48H35N/c1-30-17-22-36(23-18-30)49(46-26-31(2)16-19-32(46)3)37-24-20-34-28-41-45(29-35(34)27-37)48(44-25-21-33-10-4-5-11-38(33)47(41)44)42-14-8-6-12-39(42)40-13-7-9-15-43(40)48/h4-29H,1-3H3. The van der Waals surface area contributed by atoms with Crippen LogP contribution in [0.3, 0.4) is 0 Å². The molecule has 0 saturated carbocycles. The molecule has 0 saturated heterocycles. The lowest BCUT2D eigenvalue weighted by Gasteiger charge is -2.31. The van der Waals surface area contributed by atoms with Gasteiger partial charge >= 0.3 is 0 Å². The van der Waals surface area contributed by atoms with Gasteiger partial charge in [-0.15, -0.1) is 0 Å². The Hall–Kier alpha value is -5.92. The molecular weight excluding hydrogens is 591 g/mol. The van der Waals surface area contributed by atoms with E-state index in [2.05, 4.69) is 183 Å². The van der Waals surface area contributed by atoms with Crippen LogP contribution in [0.1, 0.15) is 38.9 Å². The molecule has 10 rings (SSSR count). The molecule has 2 aliphatic carbocycles. The minimum atomic E-state index is -0.393. The molecule has 0 unspecified atom stereocenters. The van der Waals surface area contributed by atoms with Crippen molar-refractivity contribution in [1.82, 2.24) is 0 Å². The highest BCUT2D eigenvalue weighted by atomic mass is 15.1. The zero-order valence-electron chi connectivity index (χ0n) is 28.0. The number of fused-ring (bicyclic) bond motifs is 13. The van der Waals surface area contributed by atoms with Crippen molar-refractivity contribution < 1.29 is 0 Å². The summed E-state index contributed by atoms with van der Waals surface area (Å²) >= 11 is 0. The van der Waals surface area contributed by atoms with Crippen molar-refractivity contribution in [3.63, 3.8) is 0 Å². The minimum absolute atomic E-state index is 0.393. The van der Waals surface area contributed by atoms with Crippen LogP contribution < -0.4 is 4.90 Å². The lowest BCUT2D eigenvalue weighted by Crippen LogP contribution is -2.25. The van der Waals surface area contributed by atoms with E-state index in [0.717, 1.165) is 11.4 Å². The largest absolute Gasteiger partial charge is 0.310 e. The van der Waals surface area contributed by atoms with Gasteiger partial charge in [-0.2, -0.15) is 0 Å². The Morgan fingerprint density at radius 1 is 0.408 bits per heavy atom. The van der Waals surface area contributed by atoms with Crippen LogP contribution in [0.15, 0.2) is 158 Å². The Morgan fingerprint density at radius 3 is 1.84 bits per heavy atom. The van der Waals surface area contributed by atoms with Gasteiger partial charge in [-0.25, -0.2) is 0 Å². The molecule has 0 radical (unpaired) electrons. The third kappa shape index (κ3) is 3.87. The predicted octanol–water partition coefficient (Wildman–Crippen LogP) is 12.7. The maximum Gasteiger partial charge on any atom is 0.0725 e. The van der Waals surface area contributed by atoms with E-state index >= 15 is 0 Å². The summed E-state index contributed by atoms with van der Waals surface area (Å²) in [5.74, 6) is 0. The maximum absolute atomic E-state index is 2.51. The molecule has 1 spiro atoms.